The number of rotatable bonds is 9. The topological polar surface area (TPSA) is 75.7 Å². The highest BCUT2D eigenvalue weighted by Gasteiger charge is 2.29. The molecular weight excluding hydrogens is 448 g/mol. The molecular formula is C27H30N2O4S. The molecule has 0 heterocycles. The number of benzene rings is 3. The van der Waals surface area contributed by atoms with E-state index < -0.39 is 10.0 Å². The Labute approximate surface area is 201 Å². The van der Waals surface area contributed by atoms with Gasteiger partial charge in [0.2, 0.25) is 15.9 Å². The predicted molar refractivity (Wildman–Crippen MR) is 132 cm³/mol. The van der Waals surface area contributed by atoms with Crippen LogP contribution < -0.4 is 10.1 Å². The van der Waals surface area contributed by atoms with Crippen molar-refractivity contribution in [3.8, 4) is 5.75 Å². The number of hydrogen-bond donors (Lipinski definition) is 1. The number of aryl methyl sites for hydroxylation is 1. The van der Waals surface area contributed by atoms with Gasteiger partial charge in [-0.05, 0) is 67.1 Å². The summed E-state index contributed by atoms with van der Waals surface area (Å²) in [6, 6.07) is 23.6. The molecule has 0 aromatic heterocycles. The molecule has 1 N–H and O–H groups in total. The molecule has 0 fully saturated rings. The molecule has 0 aliphatic heterocycles. The van der Waals surface area contributed by atoms with Gasteiger partial charge in [-0.25, -0.2) is 8.42 Å². The predicted octanol–water partition coefficient (Wildman–Crippen LogP) is 4.47. The average Bonchev–Trinajstić information content (AvgIpc) is 2.85. The van der Waals surface area contributed by atoms with Gasteiger partial charge in [0.15, 0.2) is 0 Å². The van der Waals surface area contributed by atoms with E-state index in [1.165, 1.54) is 22.0 Å². The first-order valence-corrected chi connectivity index (χ1v) is 13.1. The maximum Gasteiger partial charge on any atom is 0.243 e. The minimum absolute atomic E-state index is 0.102. The third-order valence-electron chi connectivity index (χ3n) is 6.00. The van der Waals surface area contributed by atoms with Crippen molar-refractivity contribution in [1.82, 2.24) is 9.62 Å². The Bertz CT molecular complexity index is 1210. The SMILES string of the molecule is CCOc1ccc(S(=O)(=O)N(CC(=O)N[C@@H]2CCCc3ccccc32)Cc2ccccc2)cc1. The summed E-state index contributed by atoms with van der Waals surface area (Å²) in [7, 11) is -3.91. The lowest BCUT2D eigenvalue weighted by molar-refractivity contribution is -0.122. The third-order valence-corrected chi connectivity index (χ3v) is 7.80. The molecule has 6 nitrogen and oxygen atoms in total. The van der Waals surface area contributed by atoms with Crippen LogP contribution in [0.3, 0.4) is 0 Å². The molecule has 178 valence electrons. The summed E-state index contributed by atoms with van der Waals surface area (Å²) in [5.41, 5.74) is 3.17. The van der Waals surface area contributed by atoms with Crippen LogP contribution in [0, 0.1) is 0 Å². The second-order valence-electron chi connectivity index (χ2n) is 8.37. The first-order chi connectivity index (χ1) is 16.5. The maximum atomic E-state index is 13.5. The van der Waals surface area contributed by atoms with E-state index in [0.717, 1.165) is 30.4 Å². The lowest BCUT2D eigenvalue weighted by Gasteiger charge is -2.28. The summed E-state index contributed by atoms with van der Waals surface area (Å²) in [5, 5.41) is 3.08. The Morgan fingerprint density at radius 2 is 1.71 bits per heavy atom. The molecule has 1 atom stereocenters. The van der Waals surface area contributed by atoms with Crippen LogP contribution in [0.2, 0.25) is 0 Å². The van der Waals surface area contributed by atoms with Crippen molar-refractivity contribution in [2.24, 2.45) is 0 Å². The molecule has 3 aromatic rings. The fourth-order valence-corrected chi connectivity index (χ4v) is 5.72. The molecule has 1 aliphatic rings. The van der Waals surface area contributed by atoms with Gasteiger partial charge in [0, 0.05) is 6.54 Å². The highest BCUT2D eigenvalue weighted by Crippen LogP contribution is 2.29. The van der Waals surface area contributed by atoms with Crippen LogP contribution in [-0.4, -0.2) is 31.8 Å². The summed E-state index contributed by atoms with van der Waals surface area (Å²) in [6.45, 7) is 2.21. The van der Waals surface area contributed by atoms with E-state index >= 15 is 0 Å². The summed E-state index contributed by atoms with van der Waals surface area (Å²) in [5.74, 6) is 0.289. The van der Waals surface area contributed by atoms with Crippen molar-refractivity contribution >= 4 is 15.9 Å². The van der Waals surface area contributed by atoms with Gasteiger partial charge >= 0.3 is 0 Å². The largest absolute Gasteiger partial charge is 0.494 e. The Morgan fingerprint density at radius 3 is 2.44 bits per heavy atom. The van der Waals surface area contributed by atoms with Gasteiger partial charge in [-0.15, -0.1) is 0 Å². The Kier molecular flexibility index (Phi) is 7.65. The summed E-state index contributed by atoms with van der Waals surface area (Å²) in [4.78, 5) is 13.2. The van der Waals surface area contributed by atoms with Crippen LogP contribution in [0.1, 0.15) is 42.5 Å². The number of fused-ring (bicyclic) bond motifs is 1. The molecule has 0 radical (unpaired) electrons. The number of nitrogens with one attached hydrogen (secondary N) is 1. The Morgan fingerprint density at radius 1 is 1.00 bits per heavy atom. The highest BCUT2D eigenvalue weighted by atomic mass is 32.2. The molecule has 7 heteroatoms. The monoisotopic (exact) mass is 478 g/mol. The van der Waals surface area contributed by atoms with Crippen molar-refractivity contribution in [2.45, 2.75) is 43.7 Å². The second kappa shape index (κ2) is 10.8. The van der Waals surface area contributed by atoms with Gasteiger partial charge in [-0.3, -0.25) is 4.79 Å². The molecule has 0 saturated carbocycles. The van der Waals surface area contributed by atoms with E-state index in [1.807, 2.05) is 55.5 Å². The Balaban J connectivity index is 1.56. The zero-order valence-electron chi connectivity index (χ0n) is 19.3. The third kappa shape index (κ3) is 5.66. The molecule has 0 spiro atoms. The number of nitrogens with zero attached hydrogens (tertiary/aromatic N) is 1. The number of amides is 1. The second-order valence-corrected chi connectivity index (χ2v) is 10.3. The molecule has 1 aliphatic carbocycles. The molecule has 4 rings (SSSR count). The minimum Gasteiger partial charge on any atom is -0.494 e. The smallest absolute Gasteiger partial charge is 0.243 e. The fourth-order valence-electron chi connectivity index (χ4n) is 4.34. The summed E-state index contributed by atoms with van der Waals surface area (Å²) in [6.07, 6.45) is 2.82. The van der Waals surface area contributed by atoms with Crippen molar-refractivity contribution in [3.05, 3.63) is 95.6 Å². The average molecular weight is 479 g/mol. The quantitative estimate of drug-likeness (QED) is 0.492. The van der Waals surface area contributed by atoms with E-state index in [0.29, 0.717) is 12.4 Å². The minimum atomic E-state index is -3.91. The first-order valence-electron chi connectivity index (χ1n) is 11.6. The Hall–Kier alpha value is -3.16. The number of hydrogen-bond acceptors (Lipinski definition) is 4. The van der Waals surface area contributed by atoms with Gasteiger partial charge < -0.3 is 10.1 Å². The van der Waals surface area contributed by atoms with Crippen LogP contribution in [0.4, 0.5) is 0 Å². The van der Waals surface area contributed by atoms with E-state index in [-0.39, 0.29) is 29.9 Å². The summed E-state index contributed by atoms with van der Waals surface area (Å²) >= 11 is 0. The lowest BCUT2D eigenvalue weighted by Crippen LogP contribution is -2.42. The van der Waals surface area contributed by atoms with E-state index in [1.54, 1.807) is 12.1 Å². The van der Waals surface area contributed by atoms with Crippen molar-refractivity contribution in [1.29, 1.82) is 0 Å². The fraction of sp³-hybridized carbons (Fsp3) is 0.296. The number of ether oxygens (including phenoxy) is 1. The van der Waals surface area contributed by atoms with Gasteiger partial charge in [0.25, 0.3) is 0 Å². The van der Waals surface area contributed by atoms with E-state index in [9.17, 15) is 13.2 Å². The summed E-state index contributed by atoms with van der Waals surface area (Å²) < 4.78 is 33.7. The number of carbonyl (C=O) groups excluding carboxylic acids is 1. The first kappa shape index (κ1) is 24.0. The lowest BCUT2D eigenvalue weighted by atomic mass is 9.88. The van der Waals surface area contributed by atoms with Crippen molar-refractivity contribution < 1.29 is 17.9 Å². The zero-order chi connectivity index (χ0) is 24.0. The van der Waals surface area contributed by atoms with Gasteiger partial charge in [-0.2, -0.15) is 4.31 Å². The van der Waals surface area contributed by atoms with Crippen LogP contribution >= 0.6 is 0 Å². The zero-order valence-corrected chi connectivity index (χ0v) is 20.1. The standard InChI is InChI=1S/C27H30N2O4S/c1-2-33-23-15-17-24(18-16-23)34(31,32)29(19-21-9-4-3-5-10-21)20-27(30)28-26-14-8-12-22-11-6-7-13-25(22)26/h3-7,9-11,13,15-18,26H,2,8,12,14,19-20H2,1H3,(H,28,30)/t26-/m1/s1. The van der Waals surface area contributed by atoms with Gasteiger partial charge in [0.1, 0.15) is 5.75 Å². The van der Waals surface area contributed by atoms with Crippen LogP contribution in [0.15, 0.2) is 83.8 Å². The molecule has 0 unspecified atom stereocenters. The molecule has 34 heavy (non-hydrogen) atoms. The van der Waals surface area contributed by atoms with Crippen molar-refractivity contribution in [2.75, 3.05) is 13.2 Å². The van der Waals surface area contributed by atoms with Crippen molar-refractivity contribution in [3.63, 3.8) is 0 Å². The van der Waals surface area contributed by atoms with Crippen LogP contribution in [-0.2, 0) is 27.8 Å². The molecule has 3 aromatic carbocycles. The van der Waals surface area contributed by atoms with Gasteiger partial charge in [-0.1, -0.05) is 54.6 Å². The van der Waals surface area contributed by atoms with Gasteiger partial charge in [0.05, 0.1) is 24.1 Å². The number of carbonyl (C=O) groups is 1. The maximum absolute atomic E-state index is 13.5. The normalized spacial score (nSPS) is 15.5. The molecule has 1 amide bonds. The highest BCUT2D eigenvalue weighted by molar-refractivity contribution is 7.89. The van der Waals surface area contributed by atoms with E-state index in [4.69, 9.17) is 4.74 Å². The molecule has 0 bridgehead atoms. The van der Waals surface area contributed by atoms with Crippen LogP contribution in [0.5, 0.6) is 5.75 Å². The number of sulfonamides is 1. The molecule has 0 saturated heterocycles. The van der Waals surface area contributed by atoms with Crippen LogP contribution in [0.25, 0.3) is 0 Å². The van der Waals surface area contributed by atoms with E-state index in [2.05, 4.69) is 11.4 Å².